The van der Waals surface area contributed by atoms with E-state index >= 15 is 0 Å². The van der Waals surface area contributed by atoms with E-state index in [1.807, 2.05) is 32.9 Å². The maximum absolute atomic E-state index is 11.9. The summed E-state index contributed by atoms with van der Waals surface area (Å²) in [6.07, 6.45) is -1.19. The minimum atomic E-state index is -1.35. The second kappa shape index (κ2) is 6.58. The first-order valence-corrected chi connectivity index (χ1v) is 6.71. The van der Waals surface area contributed by atoms with Gasteiger partial charge < -0.3 is 20.8 Å². The summed E-state index contributed by atoms with van der Waals surface area (Å²) < 4.78 is 0. The molecule has 0 radical (unpaired) electrons. The highest BCUT2D eigenvalue weighted by atomic mass is 16.4. The largest absolute Gasteiger partial charge is 0.480 e. The monoisotopic (exact) mass is 294 g/mol. The minimum Gasteiger partial charge on any atom is -0.480 e. The first-order valence-electron chi connectivity index (χ1n) is 6.71. The average molecular weight is 294 g/mol. The van der Waals surface area contributed by atoms with Gasteiger partial charge in [-0.3, -0.25) is 0 Å². The number of amides is 2. The lowest BCUT2D eigenvalue weighted by molar-refractivity contribution is -0.141. The first kappa shape index (κ1) is 17.0. The molecule has 0 saturated heterocycles. The van der Waals surface area contributed by atoms with Crippen molar-refractivity contribution in [1.82, 2.24) is 5.32 Å². The quantitative estimate of drug-likeness (QED) is 0.682. The van der Waals surface area contributed by atoms with Crippen LogP contribution in [0, 0.1) is 0 Å². The third-order valence-electron chi connectivity index (χ3n) is 3.02. The number of rotatable bonds is 4. The van der Waals surface area contributed by atoms with Crippen LogP contribution in [-0.4, -0.2) is 34.4 Å². The van der Waals surface area contributed by atoms with E-state index in [0.29, 0.717) is 5.69 Å². The number of hydrogen-bond donors (Lipinski definition) is 4. The summed E-state index contributed by atoms with van der Waals surface area (Å²) in [6.45, 7) is 7.35. The Balaban J connectivity index is 2.87. The van der Waals surface area contributed by atoms with Crippen LogP contribution in [0.4, 0.5) is 10.5 Å². The van der Waals surface area contributed by atoms with Gasteiger partial charge in [0.25, 0.3) is 0 Å². The molecule has 0 bridgehead atoms. The summed E-state index contributed by atoms with van der Waals surface area (Å²) in [6, 6.07) is 5.29. The van der Waals surface area contributed by atoms with Crippen LogP contribution >= 0.6 is 0 Å². The van der Waals surface area contributed by atoms with Gasteiger partial charge in [-0.25, -0.2) is 9.59 Å². The lowest BCUT2D eigenvalue weighted by Gasteiger charge is -2.24. The standard InChI is InChI=1S/C15H22N2O4/c1-9(18)12(13(19)20)17-14(21)16-11-8-6-5-7-10(11)15(2,3)4/h5-9,12,18H,1-4H3,(H,19,20)(H2,16,17,21). The molecule has 4 N–H and O–H groups in total. The lowest BCUT2D eigenvalue weighted by atomic mass is 9.86. The molecular formula is C15H22N2O4. The van der Waals surface area contributed by atoms with Crippen molar-refractivity contribution in [2.45, 2.75) is 45.3 Å². The molecule has 0 saturated carbocycles. The molecule has 6 heteroatoms. The van der Waals surface area contributed by atoms with Crippen molar-refractivity contribution < 1.29 is 19.8 Å². The molecule has 0 heterocycles. The van der Waals surface area contributed by atoms with Crippen molar-refractivity contribution in [2.75, 3.05) is 5.32 Å². The van der Waals surface area contributed by atoms with Gasteiger partial charge in [-0.15, -0.1) is 0 Å². The number of carbonyl (C=O) groups is 2. The van der Waals surface area contributed by atoms with E-state index in [9.17, 15) is 14.7 Å². The molecule has 1 aromatic rings. The molecular weight excluding hydrogens is 272 g/mol. The number of aliphatic carboxylic acids is 1. The van der Waals surface area contributed by atoms with E-state index in [1.54, 1.807) is 12.1 Å². The molecule has 2 amide bonds. The number of hydrogen-bond acceptors (Lipinski definition) is 3. The fourth-order valence-corrected chi connectivity index (χ4v) is 1.93. The van der Waals surface area contributed by atoms with Gasteiger partial charge in [0, 0.05) is 5.69 Å². The predicted molar refractivity (Wildman–Crippen MR) is 80.4 cm³/mol. The topological polar surface area (TPSA) is 98.7 Å². The second-order valence-corrected chi connectivity index (χ2v) is 5.95. The summed E-state index contributed by atoms with van der Waals surface area (Å²) in [5, 5.41) is 23.2. The van der Waals surface area contributed by atoms with Gasteiger partial charge >= 0.3 is 12.0 Å². The molecule has 116 valence electrons. The SMILES string of the molecule is CC(O)C(NC(=O)Nc1ccccc1C(C)(C)C)C(=O)O. The Morgan fingerprint density at radius 1 is 1.19 bits per heavy atom. The van der Waals surface area contributed by atoms with Gasteiger partial charge in [-0.05, 0) is 24.0 Å². The number of carboxylic acid groups (broad SMARTS) is 1. The van der Waals surface area contributed by atoms with Crippen molar-refractivity contribution in [3.8, 4) is 0 Å². The zero-order valence-corrected chi connectivity index (χ0v) is 12.7. The molecule has 1 aromatic carbocycles. The number of anilines is 1. The zero-order valence-electron chi connectivity index (χ0n) is 12.7. The molecule has 2 atom stereocenters. The van der Waals surface area contributed by atoms with Crippen LogP contribution in [0.3, 0.4) is 0 Å². The van der Waals surface area contributed by atoms with Crippen LogP contribution in [0.15, 0.2) is 24.3 Å². The Morgan fingerprint density at radius 2 is 1.76 bits per heavy atom. The van der Waals surface area contributed by atoms with Gasteiger partial charge in [0.05, 0.1) is 6.10 Å². The van der Waals surface area contributed by atoms with E-state index in [0.717, 1.165) is 5.56 Å². The molecule has 6 nitrogen and oxygen atoms in total. The summed E-state index contributed by atoms with van der Waals surface area (Å²) in [5.41, 5.74) is 1.38. The fraction of sp³-hybridized carbons (Fsp3) is 0.467. The number of carbonyl (C=O) groups excluding carboxylic acids is 1. The highest BCUT2D eigenvalue weighted by molar-refractivity contribution is 5.93. The zero-order chi connectivity index (χ0) is 16.2. The van der Waals surface area contributed by atoms with E-state index < -0.39 is 24.1 Å². The number of carboxylic acids is 1. The highest BCUT2D eigenvalue weighted by Gasteiger charge is 2.25. The summed E-state index contributed by atoms with van der Waals surface area (Å²) in [7, 11) is 0. The third-order valence-corrected chi connectivity index (χ3v) is 3.02. The summed E-state index contributed by atoms with van der Waals surface area (Å²) >= 11 is 0. The van der Waals surface area contributed by atoms with E-state index in [1.165, 1.54) is 6.92 Å². The lowest BCUT2D eigenvalue weighted by Crippen LogP contribution is -2.49. The maximum atomic E-state index is 11.9. The molecule has 0 aliphatic rings. The Kier molecular flexibility index (Phi) is 5.32. The first-order chi connectivity index (χ1) is 9.62. The van der Waals surface area contributed by atoms with Gasteiger partial charge in [0.2, 0.25) is 0 Å². The molecule has 0 aromatic heterocycles. The van der Waals surface area contributed by atoms with Crippen molar-refractivity contribution >= 4 is 17.7 Å². The van der Waals surface area contributed by atoms with E-state index in [4.69, 9.17) is 5.11 Å². The van der Waals surface area contributed by atoms with Crippen LogP contribution in [0.5, 0.6) is 0 Å². The Bertz CT molecular complexity index is 521. The number of aliphatic hydroxyl groups is 1. The summed E-state index contributed by atoms with van der Waals surface area (Å²) in [5.74, 6) is -1.29. The van der Waals surface area contributed by atoms with Gasteiger partial charge in [0.1, 0.15) is 0 Å². The number of benzene rings is 1. The third kappa shape index (κ3) is 4.75. The molecule has 0 aliphatic heterocycles. The van der Waals surface area contributed by atoms with Crippen molar-refractivity contribution in [3.63, 3.8) is 0 Å². The van der Waals surface area contributed by atoms with Crippen LogP contribution in [0.25, 0.3) is 0 Å². The molecule has 21 heavy (non-hydrogen) atoms. The van der Waals surface area contributed by atoms with Crippen molar-refractivity contribution in [3.05, 3.63) is 29.8 Å². The molecule has 0 fully saturated rings. The number of urea groups is 1. The van der Waals surface area contributed by atoms with Crippen LogP contribution in [-0.2, 0) is 10.2 Å². The second-order valence-electron chi connectivity index (χ2n) is 5.95. The number of nitrogens with one attached hydrogen (secondary N) is 2. The Morgan fingerprint density at radius 3 is 2.24 bits per heavy atom. The Hall–Kier alpha value is -2.08. The van der Waals surface area contributed by atoms with Crippen LogP contribution in [0.2, 0.25) is 0 Å². The fourth-order valence-electron chi connectivity index (χ4n) is 1.93. The van der Waals surface area contributed by atoms with Crippen LogP contribution in [0.1, 0.15) is 33.3 Å². The van der Waals surface area contributed by atoms with Crippen molar-refractivity contribution in [1.29, 1.82) is 0 Å². The normalized spacial score (nSPS) is 14.1. The van der Waals surface area contributed by atoms with E-state index in [-0.39, 0.29) is 5.41 Å². The predicted octanol–water partition coefficient (Wildman–Crippen LogP) is 1.94. The number of aliphatic hydroxyl groups excluding tert-OH is 1. The molecule has 1 rings (SSSR count). The molecule has 0 aliphatic carbocycles. The number of para-hydroxylation sites is 1. The van der Waals surface area contributed by atoms with Crippen LogP contribution < -0.4 is 10.6 Å². The average Bonchev–Trinajstić information content (AvgIpc) is 2.34. The van der Waals surface area contributed by atoms with E-state index in [2.05, 4.69) is 10.6 Å². The molecule has 0 spiro atoms. The minimum absolute atomic E-state index is 0.166. The highest BCUT2D eigenvalue weighted by Crippen LogP contribution is 2.29. The summed E-state index contributed by atoms with van der Waals surface area (Å²) in [4.78, 5) is 22.9. The van der Waals surface area contributed by atoms with Gasteiger partial charge in [0.15, 0.2) is 6.04 Å². The van der Waals surface area contributed by atoms with Crippen molar-refractivity contribution in [2.24, 2.45) is 0 Å². The van der Waals surface area contributed by atoms with Gasteiger partial charge in [-0.2, -0.15) is 0 Å². The Labute approximate surface area is 124 Å². The smallest absolute Gasteiger partial charge is 0.328 e. The maximum Gasteiger partial charge on any atom is 0.328 e. The van der Waals surface area contributed by atoms with Gasteiger partial charge in [-0.1, -0.05) is 39.0 Å². The molecule has 2 unspecified atom stereocenters.